The van der Waals surface area contributed by atoms with Gasteiger partial charge in [0.15, 0.2) is 11.2 Å². The lowest BCUT2D eigenvalue weighted by Crippen LogP contribution is -2.37. The fourth-order valence-corrected chi connectivity index (χ4v) is 2.41. The third-order valence-corrected chi connectivity index (χ3v) is 3.72. The molecule has 0 amide bonds. The van der Waals surface area contributed by atoms with Crippen LogP contribution in [-0.4, -0.2) is 41.0 Å². The summed E-state index contributed by atoms with van der Waals surface area (Å²) >= 11 is 0. The van der Waals surface area contributed by atoms with E-state index in [1.807, 2.05) is 0 Å². The minimum absolute atomic E-state index is 0.0607. The second-order valence-corrected chi connectivity index (χ2v) is 5.35. The summed E-state index contributed by atoms with van der Waals surface area (Å²) in [5.74, 6) is -0.493. The van der Waals surface area contributed by atoms with Gasteiger partial charge in [0.25, 0.3) is 5.56 Å². The highest BCUT2D eigenvalue weighted by Crippen LogP contribution is 2.06. The number of esters is 1. The van der Waals surface area contributed by atoms with Crippen LogP contribution >= 0.6 is 0 Å². The molecule has 3 rings (SSSR count). The molecular formula is C14H16N6O4. The Morgan fingerprint density at radius 3 is 2.62 bits per heavy atom. The number of hydrogen-bond acceptors (Lipinski definition) is 6. The lowest BCUT2D eigenvalue weighted by Gasteiger charge is -2.07. The van der Waals surface area contributed by atoms with Crippen LogP contribution in [0.2, 0.25) is 0 Å². The van der Waals surface area contributed by atoms with E-state index >= 15 is 0 Å². The maximum Gasteiger partial charge on any atom is 0.341 e. The van der Waals surface area contributed by atoms with Gasteiger partial charge in [-0.1, -0.05) is 0 Å². The second kappa shape index (κ2) is 5.80. The number of rotatable bonds is 4. The molecule has 0 N–H and O–H groups in total. The zero-order valence-electron chi connectivity index (χ0n) is 13.5. The van der Waals surface area contributed by atoms with Crippen LogP contribution in [-0.2, 0) is 32.4 Å². The van der Waals surface area contributed by atoms with Gasteiger partial charge in [0, 0.05) is 27.3 Å². The molecule has 3 aromatic heterocycles. The molecule has 3 aromatic rings. The van der Waals surface area contributed by atoms with E-state index in [0.29, 0.717) is 11.2 Å². The van der Waals surface area contributed by atoms with Crippen LogP contribution in [0.5, 0.6) is 0 Å². The lowest BCUT2D eigenvalue weighted by atomic mass is 10.4. The molecule has 0 radical (unpaired) electrons. The van der Waals surface area contributed by atoms with Crippen LogP contribution in [0.4, 0.5) is 0 Å². The van der Waals surface area contributed by atoms with Gasteiger partial charge in [0.2, 0.25) is 0 Å². The zero-order chi connectivity index (χ0) is 17.4. The molecule has 0 unspecified atom stereocenters. The monoisotopic (exact) mass is 332 g/mol. The van der Waals surface area contributed by atoms with Crippen molar-refractivity contribution in [2.45, 2.75) is 6.54 Å². The van der Waals surface area contributed by atoms with Crippen molar-refractivity contribution < 1.29 is 9.53 Å². The fraction of sp³-hybridized carbons (Fsp3) is 0.357. The van der Waals surface area contributed by atoms with Gasteiger partial charge in [-0.2, -0.15) is 5.10 Å². The summed E-state index contributed by atoms with van der Waals surface area (Å²) in [5.41, 5.74) is 0.0509. The summed E-state index contributed by atoms with van der Waals surface area (Å²) < 4.78 is 10.6. The lowest BCUT2D eigenvalue weighted by molar-refractivity contribution is 0.0492. The Hall–Kier alpha value is -3.17. The molecule has 10 nitrogen and oxygen atoms in total. The summed E-state index contributed by atoms with van der Waals surface area (Å²) in [7, 11) is 4.65. The molecule has 0 saturated heterocycles. The predicted octanol–water partition coefficient (Wildman–Crippen LogP) is -0.976. The van der Waals surface area contributed by atoms with Gasteiger partial charge in [0.05, 0.1) is 24.6 Å². The smallest absolute Gasteiger partial charge is 0.341 e. The first-order valence-electron chi connectivity index (χ1n) is 7.16. The Morgan fingerprint density at radius 1 is 1.21 bits per heavy atom. The Balaban J connectivity index is 1.80. The number of aryl methyl sites for hydroxylation is 2. The standard InChI is InChI=1S/C14H16N6O4/c1-17-7-9(6-16-17)13(22)24-5-4-20-8-15-11-10(20)12(21)19(3)14(23)18(11)2/h6-8H,4-5H2,1-3H3. The molecule has 3 heterocycles. The summed E-state index contributed by atoms with van der Waals surface area (Å²) in [6.07, 6.45) is 4.42. The number of carbonyl (C=O) groups excluding carboxylic acids is 1. The van der Waals surface area contributed by atoms with Crippen LogP contribution in [0.25, 0.3) is 11.2 Å². The molecule has 24 heavy (non-hydrogen) atoms. The molecule has 0 bridgehead atoms. The maximum atomic E-state index is 12.3. The van der Waals surface area contributed by atoms with Gasteiger partial charge in [-0.15, -0.1) is 0 Å². The number of aromatic nitrogens is 6. The van der Waals surface area contributed by atoms with Crippen molar-refractivity contribution in [2.75, 3.05) is 6.61 Å². The van der Waals surface area contributed by atoms with Gasteiger partial charge in [-0.25, -0.2) is 14.6 Å². The summed E-state index contributed by atoms with van der Waals surface area (Å²) in [6.45, 7) is 0.307. The molecule has 10 heteroatoms. The average molecular weight is 332 g/mol. The van der Waals surface area contributed by atoms with E-state index in [1.165, 1.54) is 28.8 Å². The quantitative estimate of drug-likeness (QED) is 0.569. The fourth-order valence-electron chi connectivity index (χ4n) is 2.41. The van der Waals surface area contributed by atoms with Crippen LogP contribution < -0.4 is 11.2 Å². The molecule has 0 aliphatic carbocycles. The molecule has 0 saturated carbocycles. The molecule has 0 aliphatic heterocycles. The van der Waals surface area contributed by atoms with Gasteiger partial charge < -0.3 is 9.30 Å². The Kier molecular flexibility index (Phi) is 3.80. The molecule has 0 aliphatic rings. The number of carbonyl (C=O) groups is 1. The topological polar surface area (TPSA) is 106 Å². The number of imidazole rings is 1. The van der Waals surface area contributed by atoms with E-state index < -0.39 is 17.2 Å². The van der Waals surface area contributed by atoms with E-state index in [9.17, 15) is 14.4 Å². The molecule has 0 aromatic carbocycles. The van der Waals surface area contributed by atoms with Crippen LogP contribution in [0.3, 0.4) is 0 Å². The normalized spacial score (nSPS) is 11.1. The van der Waals surface area contributed by atoms with Crippen molar-refractivity contribution in [2.24, 2.45) is 21.1 Å². The molecule has 0 fully saturated rings. The van der Waals surface area contributed by atoms with E-state index in [1.54, 1.807) is 24.9 Å². The highest BCUT2D eigenvalue weighted by atomic mass is 16.5. The van der Waals surface area contributed by atoms with Crippen molar-refractivity contribution in [1.29, 1.82) is 0 Å². The number of hydrogen-bond donors (Lipinski definition) is 0. The Bertz CT molecular complexity index is 1040. The molecule has 126 valence electrons. The van der Waals surface area contributed by atoms with E-state index in [2.05, 4.69) is 10.1 Å². The molecule has 0 atom stereocenters. The van der Waals surface area contributed by atoms with Gasteiger partial charge in [-0.3, -0.25) is 18.6 Å². The van der Waals surface area contributed by atoms with Crippen LogP contribution in [0.15, 0.2) is 28.3 Å². The first-order chi connectivity index (χ1) is 11.4. The highest BCUT2D eigenvalue weighted by Gasteiger charge is 2.15. The van der Waals surface area contributed by atoms with Gasteiger partial charge >= 0.3 is 11.7 Å². The van der Waals surface area contributed by atoms with Crippen molar-refractivity contribution in [3.8, 4) is 0 Å². The average Bonchev–Trinajstić information content (AvgIpc) is 3.17. The van der Waals surface area contributed by atoms with Crippen molar-refractivity contribution in [3.63, 3.8) is 0 Å². The number of nitrogens with zero attached hydrogens (tertiary/aromatic N) is 6. The van der Waals surface area contributed by atoms with Crippen molar-refractivity contribution in [3.05, 3.63) is 45.1 Å². The van der Waals surface area contributed by atoms with Crippen molar-refractivity contribution >= 4 is 17.1 Å². The molecule has 0 spiro atoms. The Labute approximate surface area is 135 Å². The molecular weight excluding hydrogens is 316 g/mol. The summed E-state index contributed by atoms with van der Waals surface area (Å²) in [4.78, 5) is 40.1. The minimum atomic E-state index is -0.493. The van der Waals surface area contributed by atoms with Gasteiger partial charge in [0.1, 0.15) is 6.61 Å². The first-order valence-corrected chi connectivity index (χ1v) is 7.16. The number of fused-ring (bicyclic) bond motifs is 1. The maximum absolute atomic E-state index is 12.3. The van der Waals surface area contributed by atoms with E-state index in [4.69, 9.17) is 4.74 Å². The van der Waals surface area contributed by atoms with Gasteiger partial charge in [-0.05, 0) is 0 Å². The zero-order valence-corrected chi connectivity index (χ0v) is 13.5. The van der Waals surface area contributed by atoms with Crippen LogP contribution in [0.1, 0.15) is 10.4 Å². The minimum Gasteiger partial charge on any atom is -0.460 e. The summed E-state index contributed by atoms with van der Waals surface area (Å²) in [5, 5.41) is 3.90. The predicted molar refractivity (Wildman–Crippen MR) is 83.7 cm³/mol. The van der Waals surface area contributed by atoms with E-state index in [-0.39, 0.29) is 18.7 Å². The van der Waals surface area contributed by atoms with Crippen molar-refractivity contribution in [1.82, 2.24) is 28.5 Å². The first kappa shape index (κ1) is 15.7. The van der Waals surface area contributed by atoms with E-state index in [0.717, 1.165) is 4.57 Å². The second-order valence-electron chi connectivity index (χ2n) is 5.35. The highest BCUT2D eigenvalue weighted by molar-refractivity contribution is 5.88. The summed E-state index contributed by atoms with van der Waals surface area (Å²) in [6, 6.07) is 0. The largest absolute Gasteiger partial charge is 0.460 e. The van der Waals surface area contributed by atoms with Crippen LogP contribution in [0, 0.1) is 0 Å². The number of ether oxygens (including phenoxy) is 1. The Morgan fingerprint density at radius 2 is 1.96 bits per heavy atom. The third-order valence-electron chi connectivity index (χ3n) is 3.72. The SMILES string of the molecule is Cn1cc(C(=O)OCCn2cnc3c2c(=O)n(C)c(=O)n3C)cn1. The third kappa shape index (κ3) is 2.51.